The Balaban J connectivity index is 1.60. The van der Waals surface area contributed by atoms with Gasteiger partial charge in [-0.2, -0.15) is 0 Å². The zero-order valence-electron chi connectivity index (χ0n) is 27.9. The maximum Gasteiger partial charge on any atom is 0.305 e. The van der Waals surface area contributed by atoms with E-state index in [0.29, 0.717) is 85.3 Å². The summed E-state index contributed by atoms with van der Waals surface area (Å²) in [5, 5.41) is 5.88. The fraction of sp³-hybridized carbons (Fsp3) is 0.417. The maximum atomic E-state index is 13.4. The van der Waals surface area contributed by atoms with E-state index in [9.17, 15) is 14.4 Å². The number of nitrogens with one attached hydrogen (secondary N) is 2. The average molecular weight is 649 g/mol. The van der Waals surface area contributed by atoms with Gasteiger partial charge in [-0.1, -0.05) is 18.2 Å². The van der Waals surface area contributed by atoms with E-state index in [1.54, 1.807) is 49.6 Å². The van der Waals surface area contributed by atoms with Crippen molar-refractivity contribution in [3.05, 3.63) is 82.9 Å². The van der Waals surface area contributed by atoms with Crippen molar-refractivity contribution in [3.8, 4) is 11.5 Å². The highest BCUT2D eigenvalue weighted by Crippen LogP contribution is 2.28. The van der Waals surface area contributed by atoms with Gasteiger partial charge in [-0.3, -0.25) is 14.4 Å². The van der Waals surface area contributed by atoms with Crippen LogP contribution < -0.4 is 25.8 Å². The quantitative estimate of drug-likeness (QED) is 0.108. The molecule has 47 heavy (non-hydrogen) atoms. The fourth-order valence-corrected chi connectivity index (χ4v) is 4.56. The molecule has 0 aromatic heterocycles. The Bertz CT molecular complexity index is 1460. The third-order valence-electron chi connectivity index (χ3n) is 7.12. The standard InChI is InChI=1S/C36H48N4O7/c1-26-14-16-31(33(23-26)46-20-9-5-6-13-34(41)47-22-19-40(2)3)39-35(42)27-15-17-30(28(24-27)25-44-4)38-36(43)29-11-7-8-12-32(29)45-21-10-18-37/h7-8,11-12,14-17,23-24H,5-6,9-10,13,18-22,25,37H2,1-4H3,(H,38,43)(H,39,42). The van der Waals surface area contributed by atoms with Crippen molar-refractivity contribution in [1.29, 1.82) is 0 Å². The van der Waals surface area contributed by atoms with E-state index in [1.165, 1.54) is 0 Å². The van der Waals surface area contributed by atoms with Gasteiger partial charge in [-0.15, -0.1) is 0 Å². The second kappa shape index (κ2) is 19.9. The van der Waals surface area contributed by atoms with Crippen LogP contribution in [-0.4, -0.2) is 76.8 Å². The number of carbonyl (C=O) groups is 3. The van der Waals surface area contributed by atoms with Gasteiger partial charge in [0.1, 0.15) is 18.1 Å². The van der Waals surface area contributed by atoms with Crippen LogP contribution in [-0.2, 0) is 20.9 Å². The Labute approximate surface area is 277 Å². The van der Waals surface area contributed by atoms with E-state index in [-0.39, 0.29) is 24.4 Å². The first-order chi connectivity index (χ1) is 22.7. The van der Waals surface area contributed by atoms with Crippen molar-refractivity contribution >= 4 is 29.2 Å². The van der Waals surface area contributed by atoms with Crippen molar-refractivity contribution in [1.82, 2.24) is 4.90 Å². The lowest BCUT2D eigenvalue weighted by atomic mass is 10.1. The van der Waals surface area contributed by atoms with E-state index < -0.39 is 0 Å². The number of para-hydroxylation sites is 1. The second-order valence-electron chi connectivity index (χ2n) is 11.4. The number of amides is 2. The van der Waals surface area contributed by atoms with Crippen LogP contribution in [0.5, 0.6) is 11.5 Å². The predicted molar refractivity (Wildman–Crippen MR) is 183 cm³/mol. The molecular weight excluding hydrogens is 600 g/mol. The summed E-state index contributed by atoms with van der Waals surface area (Å²) in [6.07, 6.45) is 3.34. The predicted octanol–water partition coefficient (Wildman–Crippen LogP) is 5.42. The van der Waals surface area contributed by atoms with E-state index in [4.69, 9.17) is 24.7 Å². The Morgan fingerprint density at radius 1 is 0.787 bits per heavy atom. The zero-order valence-corrected chi connectivity index (χ0v) is 27.9. The van der Waals surface area contributed by atoms with Crippen LogP contribution in [0.2, 0.25) is 0 Å². The minimum atomic E-state index is -0.343. The third kappa shape index (κ3) is 12.7. The highest BCUT2D eigenvalue weighted by Gasteiger charge is 2.17. The number of unbranched alkanes of at least 4 members (excludes halogenated alkanes) is 2. The Morgan fingerprint density at radius 3 is 2.28 bits per heavy atom. The van der Waals surface area contributed by atoms with E-state index in [0.717, 1.165) is 24.8 Å². The van der Waals surface area contributed by atoms with Gasteiger partial charge in [0.25, 0.3) is 11.8 Å². The summed E-state index contributed by atoms with van der Waals surface area (Å²) >= 11 is 0. The molecule has 0 spiro atoms. The number of nitrogens with two attached hydrogens (primary N) is 1. The van der Waals surface area contributed by atoms with E-state index in [1.807, 2.05) is 44.1 Å². The van der Waals surface area contributed by atoms with Crippen LogP contribution in [0.4, 0.5) is 11.4 Å². The maximum absolute atomic E-state index is 13.4. The number of hydrogen-bond donors (Lipinski definition) is 3. The molecule has 0 saturated carbocycles. The highest BCUT2D eigenvalue weighted by molar-refractivity contribution is 6.08. The number of aryl methyl sites for hydroxylation is 1. The number of nitrogens with zero attached hydrogens (tertiary/aromatic N) is 1. The molecule has 0 heterocycles. The number of benzene rings is 3. The Kier molecular flexibility index (Phi) is 15.7. The minimum Gasteiger partial charge on any atom is -0.493 e. The molecule has 0 aliphatic heterocycles. The molecule has 0 aliphatic carbocycles. The van der Waals surface area contributed by atoms with Gasteiger partial charge < -0.3 is 40.2 Å². The number of ether oxygens (including phenoxy) is 4. The minimum absolute atomic E-state index is 0.179. The summed E-state index contributed by atoms with van der Waals surface area (Å²) in [6.45, 7) is 4.57. The normalized spacial score (nSPS) is 10.9. The van der Waals surface area contributed by atoms with Crippen LogP contribution in [0, 0.1) is 6.92 Å². The van der Waals surface area contributed by atoms with Crippen LogP contribution >= 0.6 is 0 Å². The van der Waals surface area contributed by atoms with E-state index in [2.05, 4.69) is 10.6 Å². The topological polar surface area (TPSA) is 141 Å². The molecular formula is C36H48N4O7. The third-order valence-corrected chi connectivity index (χ3v) is 7.12. The largest absolute Gasteiger partial charge is 0.493 e. The molecule has 0 radical (unpaired) electrons. The summed E-state index contributed by atoms with van der Waals surface area (Å²) in [5.74, 6) is 0.170. The van der Waals surface area contributed by atoms with Crippen LogP contribution in [0.25, 0.3) is 0 Å². The first kappa shape index (κ1) is 37.0. The van der Waals surface area contributed by atoms with Gasteiger partial charge >= 0.3 is 5.97 Å². The Hall–Kier alpha value is -4.45. The number of methoxy groups -OCH3 is 1. The van der Waals surface area contributed by atoms with Gasteiger partial charge in [-0.25, -0.2) is 0 Å². The van der Waals surface area contributed by atoms with Gasteiger partial charge in [0, 0.05) is 36.9 Å². The van der Waals surface area contributed by atoms with Gasteiger partial charge in [0.05, 0.1) is 31.1 Å². The molecule has 2 amide bonds. The molecule has 254 valence electrons. The molecule has 0 saturated heterocycles. The summed E-state index contributed by atoms with van der Waals surface area (Å²) in [5.41, 5.74) is 9.04. The van der Waals surface area contributed by atoms with Crippen molar-refractivity contribution < 1.29 is 33.3 Å². The first-order valence-corrected chi connectivity index (χ1v) is 15.9. The number of esters is 1. The van der Waals surface area contributed by atoms with Gasteiger partial charge in [0.2, 0.25) is 0 Å². The zero-order chi connectivity index (χ0) is 34.0. The lowest BCUT2D eigenvalue weighted by Gasteiger charge is -2.16. The summed E-state index contributed by atoms with van der Waals surface area (Å²) in [4.78, 5) is 40.4. The number of hydrogen-bond acceptors (Lipinski definition) is 9. The summed E-state index contributed by atoms with van der Waals surface area (Å²) < 4.78 is 22.4. The molecule has 0 unspecified atom stereocenters. The molecule has 3 aromatic rings. The molecule has 3 aromatic carbocycles. The smallest absolute Gasteiger partial charge is 0.305 e. The van der Waals surface area contributed by atoms with Crippen LogP contribution in [0.3, 0.4) is 0 Å². The van der Waals surface area contributed by atoms with Crippen molar-refractivity contribution in [2.24, 2.45) is 5.73 Å². The van der Waals surface area contributed by atoms with Crippen LogP contribution in [0.1, 0.15) is 63.9 Å². The molecule has 4 N–H and O–H groups in total. The summed E-state index contributed by atoms with van der Waals surface area (Å²) in [6, 6.07) is 17.6. The lowest BCUT2D eigenvalue weighted by Crippen LogP contribution is -2.20. The molecule has 0 bridgehead atoms. The Morgan fingerprint density at radius 2 is 1.51 bits per heavy atom. The second-order valence-corrected chi connectivity index (χ2v) is 11.4. The van der Waals surface area contributed by atoms with Crippen molar-refractivity contribution in [2.75, 3.05) is 64.7 Å². The van der Waals surface area contributed by atoms with Gasteiger partial charge in [0.15, 0.2) is 0 Å². The fourth-order valence-electron chi connectivity index (χ4n) is 4.56. The van der Waals surface area contributed by atoms with Crippen molar-refractivity contribution in [2.45, 2.75) is 45.6 Å². The highest BCUT2D eigenvalue weighted by atomic mass is 16.5. The van der Waals surface area contributed by atoms with Crippen LogP contribution in [0.15, 0.2) is 60.7 Å². The number of rotatable bonds is 20. The SMILES string of the molecule is COCc1cc(C(=O)Nc2ccc(C)cc2OCCCCCC(=O)OCCN(C)C)ccc1NC(=O)c1ccccc1OCCCN. The first-order valence-electron chi connectivity index (χ1n) is 15.9. The molecule has 0 aliphatic rings. The van der Waals surface area contributed by atoms with Crippen molar-refractivity contribution in [3.63, 3.8) is 0 Å². The molecule has 11 heteroatoms. The summed E-state index contributed by atoms with van der Waals surface area (Å²) in [7, 11) is 5.42. The molecule has 0 atom stereocenters. The molecule has 11 nitrogen and oxygen atoms in total. The average Bonchev–Trinajstić information content (AvgIpc) is 3.04. The monoisotopic (exact) mass is 648 g/mol. The number of carbonyl (C=O) groups excluding carboxylic acids is 3. The number of likely N-dealkylation sites (N-methyl/N-ethyl adjacent to an activating group) is 1. The number of anilines is 2. The lowest BCUT2D eigenvalue weighted by molar-refractivity contribution is -0.144. The van der Waals surface area contributed by atoms with Gasteiger partial charge in [-0.05, 0) is 101 Å². The molecule has 0 fully saturated rings. The van der Waals surface area contributed by atoms with E-state index >= 15 is 0 Å². The molecule has 3 rings (SSSR count).